The molecule has 0 fully saturated rings. The summed E-state index contributed by atoms with van der Waals surface area (Å²) in [6, 6.07) is 1.36. The third-order valence-electron chi connectivity index (χ3n) is 1.06. The lowest BCUT2D eigenvalue weighted by Gasteiger charge is -1.96. The lowest BCUT2D eigenvalue weighted by atomic mass is 10.2. The molecule has 0 aliphatic rings. The molecule has 0 saturated heterocycles. The van der Waals surface area contributed by atoms with Crippen LogP contribution in [0.25, 0.3) is 0 Å². The maximum Gasteiger partial charge on any atom is 0.152 e. The molecule has 10 heavy (non-hydrogen) atoms. The maximum atomic E-state index is 12.6. The van der Waals surface area contributed by atoms with Crippen LogP contribution < -0.4 is 5.73 Å². The Morgan fingerprint density at radius 1 is 1.70 bits per heavy atom. The number of aromatic nitrogens is 1. The van der Waals surface area contributed by atoms with Crippen molar-refractivity contribution in [1.29, 1.82) is 5.41 Å². The highest BCUT2D eigenvalue weighted by atomic mass is 19.1. The molecular weight excluding hydrogens is 133 g/mol. The van der Waals surface area contributed by atoms with Gasteiger partial charge in [-0.05, 0) is 6.07 Å². The summed E-state index contributed by atoms with van der Waals surface area (Å²) >= 11 is 0. The van der Waals surface area contributed by atoms with Crippen LogP contribution in [0, 0.1) is 11.2 Å². The van der Waals surface area contributed by atoms with Gasteiger partial charge in [0.15, 0.2) is 5.82 Å². The topological polar surface area (TPSA) is 62.8 Å². The van der Waals surface area contributed by atoms with Crippen LogP contribution in [0.4, 0.5) is 4.39 Å². The Morgan fingerprint density at radius 2 is 2.40 bits per heavy atom. The molecule has 3 N–H and O–H groups in total. The molecule has 4 heteroatoms. The fourth-order valence-corrected chi connectivity index (χ4v) is 0.594. The van der Waals surface area contributed by atoms with Crippen molar-refractivity contribution in [1.82, 2.24) is 4.98 Å². The Morgan fingerprint density at radius 3 is 2.80 bits per heavy atom. The molecule has 0 radical (unpaired) electrons. The van der Waals surface area contributed by atoms with Gasteiger partial charge in [-0.2, -0.15) is 0 Å². The Hall–Kier alpha value is -1.45. The van der Waals surface area contributed by atoms with E-state index in [0.29, 0.717) is 0 Å². The zero-order valence-corrected chi connectivity index (χ0v) is 5.13. The van der Waals surface area contributed by atoms with E-state index in [1.54, 1.807) is 0 Å². The van der Waals surface area contributed by atoms with Crippen molar-refractivity contribution < 1.29 is 4.39 Å². The highest BCUT2D eigenvalue weighted by Crippen LogP contribution is 2.01. The van der Waals surface area contributed by atoms with E-state index in [1.807, 2.05) is 0 Å². The van der Waals surface area contributed by atoms with Gasteiger partial charge in [0.2, 0.25) is 0 Å². The highest BCUT2D eigenvalue weighted by Gasteiger charge is 2.01. The first kappa shape index (κ1) is 6.67. The third-order valence-corrected chi connectivity index (χ3v) is 1.06. The molecule has 0 aliphatic heterocycles. The summed E-state index contributed by atoms with van der Waals surface area (Å²) in [5.41, 5.74) is 5.12. The second-order valence-electron chi connectivity index (χ2n) is 1.77. The summed E-state index contributed by atoms with van der Waals surface area (Å²) in [6.07, 6.45) is 2.41. The number of rotatable bonds is 1. The van der Waals surface area contributed by atoms with Crippen molar-refractivity contribution in [2.75, 3.05) is 0 Å². The normalized spacial score (nSPS) is 9.30. The van der Waals surface area contributed by atoms with E-state index in [4.69, 9.17) is 11.1 Å². The van der Waals surface area contributed by atoms with Crippen molar-refractivity contribution in [3.63, 3.8) is 0 Å². The summed E-state index contributed by atoms with van der Waals surface area (Å²) < 4.78 is 12.6. The number of nitrogens with two attached hydrogens (primary N) is 1. The van der Waals surface area contributed by atoms with E-state index in [-0.39, 0.29) is 11.4 Å². The first-order valence-electron chi connectivity index (χ1n) is 2.65. The summed E-state index contributed by atoms with van der Waals surface area (Å²) in [5, 5.41) is 6.89. The monoisotopic (exact) mass is 139 g/mol. The fourth-order valence-electron chi connectivity index (χ4n) is 0.594. The molecule has 1 heterocycles. The van der Waals surface area contributed by atoms with Gasteiger partial charge < -0.3 is 5.73 Å². The summed E-state index contributed by atoms with van der Waals surface area (Å²) in [4.78, 5) is 3.50. The molecule has 0 saturated carbocycles. The summed E-state index contributed by atoms with van der Waals surface area (Å²) in [7, 11) is 0. The van der Waals surface area contributed by atoms with E-state index in [0.717, 1.165) is 6.20 Å². The van der Waals surface area contributed by atoms with Crippen LogP contribution in [0.2, 0.25) is 0 Å². The van der Waals surface area contributed by atoms with E-state index < -0.39 is 5.82 Å². The van der Waals surface area contributed by atoms with Gasteiger partial charge in [-0.3, -0.25) is 10.4 Å². The predicted molar refractivity (Wildman–Crippen MR) is 35.2 cm³/mol. The van der Waals surface area contributed by atoms with Gasteiger partial charge in [0.05, 0.1) is 11.8 Å². The number of nitrogens with one attached hydrogen (secondary N) is 1. The van der Waals surface area contributed by atoms with Crippen LogP contribution in [-0.4, -0.2) is 10.8 Å². The van der Waals surface area contributed by atoms with E-state index >= 15 is 0 Å². The molecule has 1 aromatic heterocycles. The van der Waals surface area contributed by atoms with Crippen LogP contribution in [0.3, 0.4) is 0 Å². The molecule has 0 spiro atoms. The Kier molecular flexibility index (Phi) is 1.62. The lowest BCUT2D eigenvalue weighted by Crippen LogP contribution is -2.13. The van der Waals surface area contributed by atoms with Gasteiger partial charge in [0.1, 0.15) is 5.84 Å². The molecule has 0 amide bonds. The Bertz CT molecular complexity index is 259. The van der Waals surface area contributed by atoms with Crippen LogP contribution in [0.5, 0.6) is 0 Å². The first-order chi connectivity index (χ1) is 4.72. The minimum absolute atomic E-state index is 0.0926. The average molecular weight is 139 g/mol. The number of nitrogens with zero attached hydrogens (tertiary/aromatic N) is 1. The largest absolute Gasteiger partial charge is 0.384 e. The van der Waals surface area contributed by atoms with Gasteiger partial charge >= 0.3 is 0 Å². The van der Waals surface area contributed by atoms with Crippen molar-refractivity contribution in [3.05, 3.63) is 29.8 Å². The molecule has 0 unspecified atom stereocenters. The molecule has 1 rings (SSSR count). The van der Waals surface area contributed by atoms with E-state index in [2.05, 4.69) is 4.98 Å². The number of nitrogen functional groups attached to an aromatic ring is 1. The molecule has 0 aromatic carbocycles. The third kappa shape index (κ3) is 1.10. The minimum Gasteiger partial charge on any atom is -0.384 e. The van der Waals surface area contributed by atoms with Crippen molar-refractivity contribution >= 4 is 5.84 Å². The molecule has 0 aliphatic carbocycles. The number of hydrogen-bond acceptors (Lipinski definition) is 2. The number of amidine groups is 1. The van der Waals surface area contributed by atoms with Gasteiger partial charge in [0, 0.05) is 6.20 Å². The van der Waals surface area contributed by atoms with Gasteiger partial charge in [-0.25, -0.2) is 4.39 Å². The smallest absolute Gasteiger partial charge is 0.152 e. The summed E-state index contributed by atoms with van der Waals surface area (Å²) in [6.45, 7) is 0. The Balaban J connectivity index is 3.15. The number of pyridine rings is 1. The number of halogens is 1. The molecule has 1 aromatic rings. The molecule has 3 nitrogen and oxygen atoms in total. The fraction of sp³-hybridized carbons (Fsp3) is 0. The second-order valence-corrected chi connectivity index (χ2v) is 1.77. The molecule has 0 atom stereocenters. The molecular formula is C6H6FN3. The average Bonchev–Trinajstić information content (AvgIpc) is 1.88. The molecule has 0 bridgehead atoms. The second kappa shape index (κ2) is 2.43. The van der Waals surface area contributed by atoms with E-state index in [1.165, 1.54) is 12.3 Å². The van der Waals surface area contributed by atoms with Crippen LogP contribution in [0.1, 0.15) is 5.56 Å². The van der Waals surface area contributed by atoms with E-state index in [9.17, 15) is 4.39 Å². The first-order valence-corrected chi connectivity index (χ1v) is 2.65. The van der Waals surface area contributed by atoms with Crippen molar-refractivity contribution in [3.8, 4) is 0 Å². The molecule has 52 valence electrons. The van der Waals surface area contributed by atoms with Crippen molar-refractivity contribution in [2.24, 2.45) is 5.73 Å². The van der Waals surface area contributed by atoms with Crippen LogP contribution >= 0.6 is 0 Å². The van der Waals surface area contributed by atoms with Gasteiger partial charge in [-0.15, -0.1) is 0 Å². The Labute approximate surface area is 57.2 Å². The zero-order valence-electron chi connectivity index (χ0n) is 5.13. The zero-order chi connectivity index (χ0) is 7.56. The van der Waals surface area contributed by atoms with Crippen LogP contribution in [-0.2, 0) is 0 Å². The van der Waals surface area contributed by atoms with Crippen LogP contribution in [0.15, 0.2) is 18.5 Å². The van der Waals surface area contributed by atoms with Crippen molar-refractivity contribution in [2.45, 2.75) is 0 Å². The predicted octanol–water partition coefficient (Wildman–Crippen LogP) is 0.505. The maximum absolute atomic E-state index is 12.6. The van der Waals surface area contributed by atoms with Gasteiger partial charge in [0.25, 0.3) is 0 Å². The minimum atomic E-state index is -0.560. The van der Waals surface area contributed by atoms with Gasteiger partial charge in [-0.1, -0.05) is 0 Å². The lowest BCUT2D eigenvalue weighted by molar-refractivity contribution is 0.618. The highest BCUT2D eigenvalue weighted by molar-refractivity contribution is 5.94. The quantitative estimate of drug-likeness (QED) is 0.439. The number of hydrogen-bond donors (Lipinski definition) is 2. The SMILES string of the molecule is N=C(N)c1ccncc1F. The standard InChI is InChI=1S/C6H6FN3/c7-5-3-10-2-1-4(5)6(8)9/h1-3H,(H3,8,9). The summed E-state index contributed by atoms with van der Waals surface area (Å²) in [5.74, 6) is -0.838.